The minimum Gasteiger partial charge on any atom is -0.476 e. The Morgan fingerprint density at radius 1 is 1.42 bits per heavy atom. The van der Waals surface area contributed by atoms with Gasteiger partial charge in [0.2, 0.25) is 11.8 Å². The fraction of sp³-hybridized carbons (Fsp3) is 0.700. The highest BCUT2D eigenvalue weighted by molar-refractivity contribution is 8.56. The van der Waals surface area contributed by atoms with Gasteiger partial charge in [-0.1, -0.05) is 18.3 Å². The van der Waals surface area contributed by atoms with Gasteiger partial charge in [-0.15, -0.1) is 0 Å². The van der Waals surface area contributed by atoms with Crippen molar-refractivity contribution in [3.8, 4) is 5.88 Å². The van der Waals surface area contributed by atoms with E-state index in [0.717, 1.165) is 11.4 Å². The molecule has 1 aliphatic rings. The third-order valence-corrected chi connectivity index (χ3v) is 9.57. The van der Waals surface area contributed by atoms with E-state index in [1.165, 1.54) is 24.7 Å². The van der Waals surface area contributed by atoms with E-state index in [0.29, 0.717) is 12.4 Å². The Hall–Kier alpha value is -2.03. The molecule has 6 atom stereocenters. The van der Waals surface area contributed by atoms with Crippen LogP contribution in [0.2, 0.25) is 0 Å². The number of nitrogens with one attached hydrogen (secondary N) is 1. The average Bonchev–Trinajstić information content (AvgIpc) is 3.31. The number of nitrogen functional groups attached to an aromatic ring is 1. The predicted molar refractivity (Wildman–Crippen MR) is 131 cm³/mol. The fourth-order valence-corrected chi connectivity index (χ4v) is 7.29. The number of nitrogens with zero attached hydrogens (tertiary/aromatic N) is 4. The quantitative estimate of drug-likeness (QED) is 0.260. The maximum atomic E-state index is 15.8. The maximum Gasteiger partial charge on any atom is 0.327 e. The number of fused-ring (bicyclic) bond motifs is 1. The lowest BCUT2D eigenvalue weighted by Gasteiger charge is -2.25. The van der Waals surface area contributed by atoms with Gasteiger partial charge in [0.25, 0.3) is 0 Å². The van der Waals surface area contributed by atoms with Crippen molar-refractivity contribution in [1.29, 1.82) is 0 Å². The van der Waals surface area contributed by atoms with Gasteiger partial charge in [-0.25, -0.2) is 14.5 Å². The van der Waals surface area contributed by atoms with Crippen molar-refractivity contribution in [3.63, 3.8) is 0 Å². The molecule has 3 rings (SSSR count). The van der Waals surface area contributed by atoms with Crippen LogP contribution < -0.4 is 15.6 Å². The molecule has 0 bridgehead atoms. The molecule has 0 aromatic carbocycles. The lowest BCUT2D eigenvalue weighted by molar-refractivity contribution is -0.144. The Balaban J connectivity index is 1.81. The number of ether oxygens (including phenoxy) is 3. The van der Waals surface area contributed by atoms with Gasteiger partial charge in [0.05, 0.1) is 26.1 Å². The molecule has 36 heavy (non-hydrogen) atoms. The highest BCUT2D eigenvalue weighted by Gasteiger charge is 2.56. The molecule has 13 nitrogen and oxygen atoms in total. The number of halogens is 1. The third-order valence-electron chi connectivity index (χ3n) is 5.36. The third kappa shape index (κ3) is 5.92. The maximum absolute atomic E-state index is 15.8. The Labute approximate surface area is 211 Å². The van der Waals surface area contributed by atoms with Crippen LogP contribution >= 0.6 is 18.1 Å². The van der Waals surface area contributed by atoms with Crippen molar-refractivity contribution in [3.05, 3.63) is 6.33 Å². The zero-order valence-electron chi connectivity index (χ0n) is 20.7. The van der Waals surface area contributed by atoms with Gasteiger partial charge in [-0.3, -0.25) is 13.9 Å². The summed E-state index contributed by atoms with van der Waals surface area (Å²) in [6.45, 7) is 4.27. The van der Waals surface area contributed by atoms with Gasteiger partial charge < -0.3 is 29.6 Å². The molecule has 4 N–H and O–H groups in total. The number of aliphatic hydroxyl groups is 1. The SMILES string of the molecule is CCOC(=O)[C@@H](C)N[P@](=O)(OC[C@H]1O[C@@H](n2cnc3c(OCC)nc(N)nc32)[C@](C)(F)[C@@H]1O)SCC. The Morgan fingerprint density at radius 2 is 2.14 bits per heavy atom. The van der Waals surface area contributed by atoms with E-state index in [1.807, 2.05) is 0 Å². The average molecular weight is 551 g/mol. The summed E-state index contributed by atoms with van der Waals surface area (Å²) in [7, 11) is 0. The second-order valence-electron chi connectivity index (χ2n) is 8.08. The smallest absolute Gasteiger partial charge is 0.327 e. The predicted octanol–water partition coefficient (Wildman–Crippen LogP) is 2.21. The number of rotatable bonds is 12. The number of aromatic nitrogens is 4. The number of alkyl halides is 1. The number of carbonyl (C=O) groups is 1. The number of hydrogen-bond acceptors (Lipinski definition) is 12. The van der Waals surface area contributed by atoms with E-state index < -0.39 is 49.4 Å². The number of esters is 1. The van der Waals surface area contributed by atoms with Gasteiger partial charge in [-0.2, -0.15) is 9.97 Å². The van der Waals surface area contributed by atoms with Gasteiger partial charge in [0.15, 0.2) is 23.1 Å². The summed E-state index contributed by atoms with van der Waals surface area (Å²) in [5, 5.41) is 13.4. The summed E-state index contributed by atoms with van der Waals surface area (Å²) in [6, 6.07) is -0.912. The number of aliphatic hydroxyl groups excluding tert-OH is 1. The molecule has 2 aromatic heterocycles. The molecule has 1 aliphatic heterocycles. The molecule has 2 aromatic rings. The first-order valence-electron chi connectivity index (χ1n) is 11.5. The van der Waals surface area contributed by atoms with Gasteiger partial charge in [0, 0.05) is 5.75 Å². The lowest BCUT2D eigenvalue weighted by Crippen LogP contribution is -2.41. The van der Waals surface area contributed by atoms with Gasteiger partial charge >= 0.3 is 12.7 Å². The number of hydrogen-bond donors (Lipinski definition) is 3. The summed E-state index contributed by atoms with van der Waals surface area (Å²) in [5.41, 5.74) is 3.89. The van der Waals surface area contributed by atoms with E-state index in [-0.39, 0.29) is 29.6 Å². The highest BCUT2D eigenvalue weighted by atomic mass is 32.7. The second-order valence-corrected chi connectivity index (χ2v) is 12.6. The van der Waals surface area contributed by atoms with Crippen molar-refractivity contribution in [2.24, 2.45) is 0 Å². The van der Waals surface area contributed by atoms with Crippen LogP contribution in [0, 0.1) is 0 Å². The topological polar surface area (TPSA) is 173 Å². The van der Waals surface area contributed by atoms with Crippen LogP contribution in [0.4, 0.5) is 10.3 Å². The Morgan fingerprint density at radius 3 is 2.78 bits per heavy atom. The monoisotopic (exact) mass is 550 g/mol. The van der Waals surface area contributed by atoms with Crippen molar-refractivity contribution >= 4 is 41.2 Å². The van der Waals surface area contributed by atoms with Crippen LogP contribution in [0.3, 0.4) is 0 Å². The number of carbonyl (C=O) groups excluding carboxylic acids is 1. The van der Waals surface area contributed by atoms with Crippen LogP contribution in [-0.4, -0.2) is 80.1 Å². The molecule has 0 amide bonds. The minimum absolute atomic E-state index is 0.106. The first kappa shape index (κ1) is 28.5. The molecule has 1 saturated heterocycles. The summed E-state index contributed by atoms with van der Waals surface area (Å²) in [6.07, 6.45) is -2.91. The van der Waals surface area contributed by atoms with Gasteiger partial charge in [0.1, 0.15) is 18.2 Å². The summed E-state index contributed by atoms with van der Waals surface area (Å²) >= 11 is 0.959. The van der Waals surface area contributed by atoms with Crippen LogP contribution in [0.25, 0.3) is 11.2 Å². The molecular formula is C20H32FN6O7PS. The highest BCUT2D eigenvalue weighted by Crippen LogP contribution is 2.57. The van der Waals surface area contributed by atoms with Crippen molar-refractivity contribution in [2.45, 2.75) is 64.8 Å². The number of imidazole rings is 1. The largest absolute Gasteiger partial charge is 0.476 e. The van der Waals surface area contributed by atoms with E-state index in [1.54, 1.807) is 20.8 Å². The molecule has 3 heterocycles. The summed E-state index contributed by atoms with van der Waals surface area (Å²) in [5.74, 6) is -0.156. The molecular weight excluding hydrogens is 518 g/mol. The van der Waals surface area contributed by atoms with Crippen molar-refractivity contribution in [2.75, 3.05) is 31.3 Å². The van der Waals surface area contributed by atoms with E-state index in [2.05, 4.69) is 20.0 Å². The molecule has 1 fully saturated rings. The Kier molecular flexibility index (Phi) is 9.17. The summed E-state index contributed by atoms with van der Waals surface area (Å²) < 4.78 is 52.2. The molecule has 202 valence electrons. The summed E-state index contributed by atoms with van der Waals surface area (Å²) in [4.78, 5) is 24.3. The Bertz CT molecular complexity index is 1120. The molecule has 0 spiro atoms. The number of anilines is 1. The van der Waals surface area contributed by atoms with Crippen LogP contribution in [0.5, 0.6) is 5.88 Å². The fourth-order valence-electron chi connectivity index (χ4n) is 3.68. The minimum atomic E-state index is -3.63. The lowest BCUT2D eigenvalue weighted by atomic mass is 9.98. The normalized spacial score (nSPS) is 26.6. The first-order valence-corrected chi connectivity index (χ1v) is 14.7. The second kappa shape index (κ2) is 11.6. The number of nitrogens with two attached hydrogens (primary N) is 1. The van der Waals surface area contributed by atoms with E-state index >= 15 is 4.39 Å². The molecule has 16 heteroatoms. The zero-order valence-corrected chi connectivity index (χ0v) is 22.4. The molecule has 0 aliphatic carbocycles. The van der Waals surface area contributed by atoms with Crippen molar-refractivity contribution < 1.29 is 37.6 Å². The molecule has 0 radical (unpaired) electrons. The van der Waals surface area contributed by atoms with E-state index in [9.17, 15) is 14.5 Å². The van der Waals surface area contributed by atoms with Gasteiger partial charge in [-0.05, 0) is 27.7 Å². The molecule has 0 saturated carbocycles. The van der Waals surface area contributed by atoms with Crippen LogP contribution in [0.1, 0.15) is 40.8 Å². The zero-order chi connectivity index (χ0) is 26.7. The molecule has 0 unspecified atom stereocenters. The van der Waals surface area contributed by atoms with Crippen LogP contribution in [-0.2, 0) is 23.4 Å². The van der Waals surface area contributed by atoms with Crippen molar-refractivity contribution in [1.82, 2.24) is 24.6 Å². The van der Waals surface area contributed by atoms with Crippen LogP contribution in [0.15, 0.2) is 6.33 Å². The standard InChI is InChI=1S/C20H32FN6O7PS/c1-6-31-16-13-15(24-19(22)25-16)27(10-23-13)18-20(5,21)14(28)12(34-18)9-33-35(30,36-8-3)26-11(4)17(29)32-7-2/h10-12,14,18,28H,6-9H2,1-5H3,(H,26,30)(H2,22,24,25)/t11-,12-,14-,18-,20-,35+/m1/s1. The van der Waals surface area contributed by atoms with E-state index in [4.69, 9.17) is 24.5 Å². The first-order chi connectivity index (χ1) is 17.0.